The highest BCUT2D eigenvalue weighted by atomic mass is 35.5. The number of hydrogen-bond acceptors (Lipinski definition) is 5. The summed E-state index contributed by atoms with van der Waals surface area (Å²) in [5, 5.41) is 10.2. The van der Waals surface area contributed by atoms with Crippen molar-refractivity contribution in [1.82, 2.24) is 15.5 Å². The third kappa shape index (κ3) is 3.52. The quantitative estimate of drug-likeness (QED) is 0.887. The molecule has 1 aromatic heterocycles. The number of aromatic nitrogens is 2. The lowest BCUT2D eigenvalue weighted by atomic mass is 10.2. The van der Waals surface area contributed by atoms with E-state index in [1.807, 2.05) is 0 Å². The zero-order valence-corrected chi connectivity index (χ0v) is 12.3. The highest BCUT2D eigenvalue weighted by Crippen LogP contribution is 2.24. The SMILES string of the molecule is Cc1noc(CNc2ccc(C(=O)NC3CC3)c(Cl)c2)n1. The molecule has 1 fully saturated rings. The Morgan fingerprint density at radius 2 is 2.29 bits per heavy atom. The number of rotatable bonds is 5. The lowest BCUT2D eigenvalue weighted by molar-refractivity contribution is 0.0951. The van der Waals surface area contributed by atoms with Crippen LogP contribution < -0.4 is 10.6 Å². The van der Waals surface area contributed by atoms with Crippen LogP contribution in [0, 0.1) is 6.92 Å². The fourth-order valence-corrected chi connectivity index (χ4v) is 2.16. The number of halogens is 1. The smallest absolute Gasteiger partial charge is 0.253 e. The molecule has 0 radical (unpaired) electrons. The summed E-state index contributed by atoms with van der Waals surface area (Å²) < 4.78 is 5.01. The van der Waals surface area contributed by atoms with E-state index in [1.165, 1.54) is 0 Å². The van der Waals surface area contributed by atoms with Crippen molar-refractivity contribution in [2.24, 2.45) is 0 Å². The summed E-state index contributed by atoms with van der Waals surface area (Å²) in [6.45, 7) is 2.17. The van der Waals surface area contributed by atoms with Gasteiger partial charge in [0.2, 0.25) is 5.89 Å². The van der Waals surface area contributed by atoms with Crippen molar-refractivity contribution in [3.8, 4) is 0 Å². The molecule has 21 heavy (non-hydrogen) atoms. The second kappa shape index (κ2) is 5.73. The van der Waals surface area contributed by atoms with Crippen molar-refractivity contribution in [1.29, 1.82) is 0 Å². The summed E-state index contributed by atoms with van der Waals surface area (Å²) in [6, 6.07) is 5.54. The van der Waals surface area contributed by atoms with E-state index < -0.39 is 0 Å². The Labute approximate surface area is 126 Å². The summed E-state index contributed by atoms with van der Waals surface area (Å²) in [4.78, 5) is 16.1. The summed E-state index contributed by atoms with van der Waals surface area (Å²) in [5.41, 5.74) is 1.28. The first kappa shape index (κ1) is 13.9. The Morgan fingerprint density at radius 3 is 2.90 bits per heavy atom. The molecule has 7 heteroatoms. The molecule has 1 heterocycles. The number of amides is 1. The molecule has 2 aromatic rings. The van der Waals surface area contributed by atoms with Gasteiger partial charge in [0.25, 0.3) is 5.91 Å². The van der Waals surface area contributed by atoms with Gasteiger partial charge in [0.1, 0.15) is 0 Å². The highest BCUT2D eigenvalue weighted by molar-refractivity contribution is 6.34. The van der Waals surface area contributed by atoms with Gasteiger partial charge in [0, 0.05) is 11.7 Å². The molecular formula is C14H15ClN4O2. The van der Waals surface area contributed by atoms with Crippen LogP contribution in [0.1, 0.15) is 34.9 Å². The van der Waals surface area contributed by atoms with Gasteiger partial charge in [0.15, 0.2) is 5.82 Å². The number of aryl methyl sites for hydroxylation is 1. The minimum Gasteiger partial charge on any atom is -0.376 e. The standard InChI is InChI=1S/C14H15ClN4O2/c1-8-17-13(21-19-8)7-16-10-4-5-11(12(15)6-10)14(20)18-9-2-3-9/h4-6,9,16H,2-3,7H2,1H3,(H,18,20). The zero-order chi connectivity index (χ0) is 14.8. The number of hydrogen-bond donors (Lipinski definition) is 2. The van der Waals surface area contributed by atoms with Gasteiger partial charge in [-0.15, -0.1) is 0 Å². The minimum absolute atomic E-state index is 0.124. The summed E-state index contributed by atoms with van der Waals surface area (Å²) in [7, 11) is 0. The van der Waals surface area contributed by atoms with E-state index in [-0.39, 0.29) is 5.91 Å². The van der Waals surface area contributed by atoms with E-state index in [2.05, 4.69) is 20.8 Å². The van der Waals surface area contributed by atoms with Gasteiger partial charge in [0.05, 0.1) is 17.1 Å². The molecule has 6 nitrogen and oxygen atoms in total. The van der Waals surface area contributed by atoms with Gasteiger partial charge in [-0.25, -0.2) is 0 Å². The number of carbonyl (C=O) groups is 1. The Kier molecular flexibility index (Phi) is 3.79. The van der Waals surface area contributed by atoms with Crippen molar-refractivity contribution >= 4 is 23.2 Å². The van der Waals surface area contributed by atoms with E-state index in [0.29, 0.717) is 34.9 Å². The van der Waals surface area contributed by atoms with Gasteiger partial charge >= 0.3 is 0 Å². The largest absolute Gasteiger partial charge is 0.376 e. The van der Waals surface area contributed by atoms with Crippen LogP contribution >= 0.6 is 11.6 Å². The maximum atomic E-state index is 12.0. The van der Waals surface area contributed by atoms with Crippen LogP contribution in [0.4, 0.5) is 5.69 Å². The van der Waals surface area contributed by atoms with Gasteiger partial charge < -0.3 is 15.2 Å². The van der Waals surface area contributed by atoms with Crippen molar-refractivity contribution < 1.29 is 9.32 Å². The average Bonchev–Trinajstić information content (AvgIpc) is 3.16. The first-order chi connectivity index (χ1) is 10.1. The highest BCUT2D eigenvalue weighted by Gasteiger charge is 2.24. The van der Waals surface area contributed by atoms with Gasteiger partial charge in [-0.2, -0.15) is 4.98 Å². The third-order valence-corrected chi connectivity index (χ3v) is 3.45. The fraction of sp³-hybridized carbons (Fsp3) is 0.357. The summed E-state index contributed by atoms with van der Waals surface area (Å²) in [5.74, 6) is 0.970. The van der Waals surface area contributed by atoms with Crippen LogP contribution in [-0.2, 0) is 6.54 Å². The molecule has 2 N–H and O–H groups in total. The van der Waals surface area contributed by atoms with Crippen molar-refractivity contribution in [2.75, 3.05) is 5.32 Å². The topological polar surface area (TPSA) is 80.0 Å². The van der Waals surface area contributed by atoms with Crippen LogP contribution in [0.3, 0.4) is 0 Å². The fourth-order valence-electron chi connectivity index (χ4n) is 1.89. The summed E-state index contributed by atoms with van der Waals surface area (Å²) in [6.07, 6.45) is 2.10. The monoisotopic (exact) mass is 306 g/mol. The Morgan fingerprint density at radius 1 is 1.48 bits per heavy atom. The van der Waals surface area contributed by atoms with Gasteiger partial charge in [-0.05, 0) is 38.0 Å². The van der Waals surface area contributed by atoms with Crippen LogP contribution in [0.25, 0.3) is 0 Å². The van der Waals surface area contributed by atoms with Crippen molar-refractivity contribution in [2.45, 2.75) is 32.4 Å². The van der Waals surface area contributed by atoms with Crippen molar-refractivity contribution in [3.05, 3.63) is 40.5 Å². The molecule has 0 atom stereocenters. The van der Waals surface area contributed by atoms with E-state index in [1.54, 1.807) is 25.1 Å². The predicted molar refractivity (Wildman–Crippen MR) is 78.3 cm³/mol. The van der Waals surface area contributed by atoms with E-state index in [4.69, 9.17) is 16.1 Å². The van der Waals surface area contributed by atoms with Crippen LogP contribution in [0.2, 0.25) is 5.02 Å². The molecule has 1 saturated carbocycles. The molecular weight excluding hydrogens is 292 g/mol. The second-order valence-corrected chi connectivity index (χ2v) is 5.44. The van der Waals surface area contributed by atoms with Gasteiger partial charge in [-0.1, -0.05) is 16.8 Å². The van der Waals surface area contributed by atoms with E-state index in [9.17, 15) is 4.79 Å². The lowest BCUT2D eigenvalue weighted by Crippen LogP contribution is -2.25. The number of anilines is 1. The van der Waals surface area contributed by atoms with Crippen LogP contribution in [-0.4, -0.2) is 22.1 Å². The normalized spacial score (nSPS) is 14.0. The maximum Gasteiger partial charge on any atom is 0.253 e. The Bertz CT molecular complexity index is 667. The molecule has 0 unspecified atom stereocenters. The zero-order valence-electron chi connectivity index (χ0n) is 11.5. The third-order valence-electron chi connectivity index (χ3n) is 3.14. The van der Waals surface area contributed by atoms with Crippen LogP contribution in [0.15, 0.2) is 22.7 Å². The molecule has 1 amide bonds. The lowest BCUT2D eigenvalue weighted by Gasteiger charge is -2.08. The first-order valence-electron chi connectivity index (χ1n) is 6.75. The molecule has 0 saturated heterocycles. The number of benzene rings is 1. The molecule has 0 aliphatic heterocycles. The molecule has 3 rings (SSSR count). The molecule has 0 bridgehead atoms. The number of nitrogens with one attached hydrogen (secondary N) is 2. The molecule has 1 aliphatic rings. The molecule has 1 aromatic carbocycles. The number of nitrogens with zero attached hydrogens (tertiary/aromatic N) is 2. The molecule has 110 valence electrons. The Balaban J connectivity index is 1.64. The Hall–Kier alpha value is -2.08. The summed E-state index contributed by atoms with van der Waals surface area (Å²) >= 11 is 6.16. The maximum absolute atomic E-state index is 12.0. The number of carbonyl (C=O) groups excluding carboxylic acids is 1. The second-order valence-electron chi connectivity index (χ2n) is 5.03. The average molecular weight is 307 g/mol. The van der Waals surface area contributed by atoms with E-state index in [0.717, 1.165) is 18.5 Å². The molecule has 1 aliphatic carbocycles. The first-order valence-corrected chi connectivity index (χ1v) is 7.13. The van der Waals surface area contributed by atoms with E-state index >= 15 is 0 Å². The molecule has 0 spiro atoms. The van der Waals surface area contributed by atoms with Gasteiger partial charge in [-0.3, -0.25) is 4.79 Å². The van der Waals surface area contributed by atoms with Crippen molar-refractivity contribution in [3.63, 3.8) is 0 Å². The van der Waals surface area contributed by atoms with Crippen LogP contribution in [0.5, 0.6) is 0 Å². The minimum atomic E-state index is -0.124. The predicted octanol–water partition coefficient (Wildman–Crippen LogP) is 2.54.